The average molecular weight is 535 g/mol. The zero-order valence-electron chi connectivity index (χ0n) is 20.9. The number of piperazine rings is 1. The minimum atomic E-state index is -0.497. The lowest BCUT2D eigenvalue weighted by molar-refractivity contribution is 0.102. The van der Waals surface area contributed by atoms with Crippen molar-refractivity contribution in [3.8, 4) is 11.1 Å². The third-order valence-corrected chi connectivity index (χ3v) is 6.56. The molecule has 0 radical (unpaired) electrons. The first-order valence-electron chi connectivity index (χ1n) is 12.1. The number of rotatable bonds is 6. The molecule has 3 amide bonds. The van der Waals surface area contributed by atoms with E-state index in [-0.39, 0.29) is 5.91 Å². The van der Waals surface area contributed by atoms with Gasteiger partial charge in [-0.1, -0.05) is 22.8 Å². The molecule has 4 aromatic rings. The highest BCUT2D eigenvalue weighted by atomic mass is 35.5. The number of aromatic nitrogens is 3. The van der Waals surface area contributed by atoms with Crippen molar-refractivity contribution in [2.75, 3.05) is 54.1 Å². The Kier molecular flexibility index (Phi) is 7.29. The number of amides is 3. The maximum atomic E-state index is 12.9. The fourth-order valence-electron chi connectivity index (χ4n) is 4.23. The third-order valence-electron chi connectivity index (χ3n) is 6.25. The maximum Gasteiger partial charge on any atom is 0.324 e. The van der Waals surface area contributed by atoms with Crippen LogP contribution in [0.15, 0.2) is 59.3 Å². The highest BCUT2D eigenvalue weighted by Gasteiger charge is 2.20. The summed E-state index contributed by atoms with van der Waals surface area (Å²) in [4.78, 5) is 29.9. The minimum Gasteiger partial charge on any atom is -0.368 e. The van der Waals surface area contributed by atoms with Crippen LogP contribution in [0.2, 0.25) is 5.02 Å². The van der Waals surface area contributed by atoms with E-state index in [2.05, 4.69) is 48.2 Å². The number of carbonyl (C=O) groups is 2. The number of likely N-dealkylation sites (N-methyl/N-ethyl adjacent to an activating group) is 1. The lowest BCUT2D eigenvalue weighted by Crippen LogP contribution is -2.44. The van der Waals surface area contributed by atoms with Gasteiger partial charge in [-0.3, -0.25) is 15.2 Å². The SMILES string of the molecule is Cc1cc(NC(=O)Nc2ccc(-c3cc(C(=O)Nc4ccn[nH]4)ccc3N3CCN(C)CC3)cc2Cl)no1. The largest absolute Gasteiger partial charge is 0.368 e. The first-order valence-corrected chi connectivity index (χ1v) is 12.4. The van der Waals surface area contributed by atoms with E-state index in [1.54, 1.807) is 37.4 Å². The van der Waals surface area contributed by atoms with Crippen LogP contribution < -0.4 is 20.9 Å². The summed E-state index contributed by atoms with van der Waals surface area (Å²) in [6.45, 7) is 5.32. The van der Waals surface area contributed by atoms with E-state index in [0.29, 0.717) is 33.7 Å². The molecule has 1 aliphatic heterocycles. The molecule has 0 unspecified atom stereocenters. The van der Waals surface area contributed by atoms with Crippen LogP contribution in [0.1, 0.15) is 16.1 Å². The first kappa shape index (κ1) is 25.3. The van der Waals surface area contributed by atoms with Crippen LogP contribution in [-0.4, -0.2) is 65.4 Å². The van der Waals surface area contributed by atoms with Gasteiger partial charge in [0.05, 0.1) is 16.9 Å². The second-order valence-electron chi connectivity index (χ2n) is 9.04. The van der Waals surface area contributed by atoms with Gasteiger partial charge in [-0.15, -0.1) is 0 Å². The molecule has 12 heteroatoms. The van der Waals surface area contributed by atoms with Crippen LogP contribution in [0, 0.1) is 6.92 Å². The summed E-state index contributed by atoms with van der Waals surface area (Å²) in [5.41, 5.74) is 3.61. The standard InChI is InChI=1S/C26H27ClN8O3/c1-16-13-24(33-38-16)31-26(37)29-21-5-3-17(15-20(21)27)19-14-18(25(36)30-23-7-8-28-32-23)4-6-22(19)35-11-9-34(2)10-12-35/h3-8,13-15H,9-12H2,1-2H3,(H2,28,30,32,36)(H2,29,31,33,37). The first-order chi connectivity index (χ1) is 18.4. The molecule has 0 spiro atoms. The Morgan fingerprint density at radius 3 is 2.50 bits per heavy atom. The summed E-state index contributed by atoms with van der Waals surface area (Å²) in [7, 11) is 2.10. The molecule has 38 heavy (non-hydrogen) atoms. The number of hydrogen-bond donors (Lipinski definition) is 4. The van der Waals surface area contributed by atoms with Gasteiger partial charge in [0.25, 0.3) is 5.91 Å². The van der Waals surface area contributed by atoms with E-state index in [1.807, 2.05) is 24.3 Å². The average Bonchev–Trinajstić information content (AvgIpc) is 3.57. The number of aromatic amines is 1. The number of nitrogens with zero attached hydrogens (tertiary/aromatic N) is 4. The quantitative estimate of drug-likeness (QED) is 0.282. The third kappa shape index (κ3) is 5.79. The van der Waals surface area contributed by atoms with Gasteiger partial charge < -0.3 is 25.0 Å². The number of benzene rings is 2. The van der Waals surface area contributed by atoms with Crippen LogP contribution >= 0.6 is 11.6 Å². The van der Waals surface area contributed by atoms with Crippen molar-refractivity contribution >= 4 is 46.5 Å². The molecular formula is C26H27ClN8O3. The lowest BCUT2D eigenvalue weighted by atomic mass is 9.99. The van der Waals surface area contributed by atoms with Gasteiger partial charge in [0.1, 0.15) is 11.6 Å². The highest BCUT2D eigenvalue weighted by Crippen LogP contribution is 2.36. The zero-order chi connectivity index (χ0) is 26.6. The van der Waals surface area contributed by atoms with Gasteiger partial charge >= 0.3 is 6.03 Å². The summed E-state index contributed by atoms with van der Waals surface area (Å²) in [6.07, 6.45) is 1.57. The number of urea groups is 1. The van der Waals surface area contributed by atoms with Gasteiger partial charge in [0.2, 0.25) is 0 Å². The van der Waals surface area contributed by atoms with Crippen molar-refractivity contribution in [3.63, 3.8) is 0 Å². The van der Waals surface area contributed by atoms with E-state index in [9.17, 15) is 9.59 Å². The fourth-order valence-corrected chi connectivity index (χ4v) is 4.46. The molecule has 0 saturated carbocycles. The summed E-state index contributed by atoms with van der Waals surface area (Å²) in [5.74, 6) is 1.14. The van der Waals surface area contributed by atoms with Crippen molar-refractivity contribution in [2.24, 2.45) is 0 Å². The van der Waals surface area contributed by atoms with Gasteiger partial charge in [0.15, 0.2) is 5.82 Å². The Balaban J connectivity index is 1.42. The molecule has 4 N–H and O–H groups in total. The maximum absolute atomic E-state index is 12.9. The van der Waals surface area contributed by atoms with E-state index >= 15 is 0 Å². The molecule has 0 bridgehead atoms. The number of halogens is 1. The second-order valence-corrected chi connectivity index (χ2v) is 9.45. The molecule has 0 aliphatic carbocycles. The normalized spacial score (nSPS) is 13.8. The molecule has 5 rings (SSSR count). The Morgan fingerprint density at radius 2 is 1.82 bits per heavy atom. The van der Waals surface area contributed by atoms with Crippen molar-refractivity contribution < 1.29 is 14.1 Å². The predicted molar refractivity (Wildman–Crippen MR) is 147 cm³/mol. The molecule has 0 atom stereocenters. The van der Waals surface area contributed by atoms with Gasteiger partial charge in [-0.2, -0.15) is 5.10 Å². The van der Waals surface area contributed by atoms with Crippen LogP contribution in [0.5, 0.6) is 0 Å². The molecular weight excluding hydrogens is 508 g/mol. The van der Waals surface area contributed by atoms with Crippen molar-refractivity contribution in [2.45, 2.75) is 6.92 Å². The smallest absolute Gasteiger partial charge is 0.324 e. The molecule has 11 nitrogen and oxygen atoms in total. The number of hydrogen-bond acceptors (Lipinski definition) is 7. The Bertz CT molecular complexity index is 1440. The Hall–Kier alpha value is -4.35. The number of aryl methyl sites for hydroxylation is 1. The zero-order valence-corrected chi connectivity index (χ0v) is 21.7. The number of H-pyrrole nitrogens is 1. The Morgan fingerprint density at radius 1 is 1.00 bits per heavy atom. The van der Waals surface area contributed by atoms with Crippen LogP contribution in [0.3, 0.4) is 0 Å². The summed E-state index contributed by atoms with van der Waals surface area (Å²) >= 11 is 6.60. The summed E-state index contributed by atoms with van der Waals surface area (Å²) in [5, 5.41) is 18.9. The van der Waals surface area contributed by atoms with Crippen molar-refractivity contribution in [1.29, 1.82) is 0 Å². The van der Waals surface area contributed by atoms with Gasteiger partial charge in [-0.05, 0) is 49.9 Å². The molecule has 1 fully saturated rings. The molecule has 2 aromatic heterocycles. The Labute approximate surface area is 224 Å². The van der Waals surface area contributed by atoms with Crippen molar-refractivity contribution in [1.82, 2.24) is 20.3 Å². The second kappa shape index (κ2) is 11.0. The monoisotopic (exact) mass is 534 g/mol. The van der Waals surface area contributed by atoms with E-state index in [0.717, 1.165) is 43.0 Å². The van der Waals surface area contributed by atoms with Crippen molar-refractivity contribution in [3.05, 3.63) is 71.1 Å². The van der Waals surface area contributed by atoms with Crippen LogP contribution in [0.25, 0.3) is 11.1 Å². The minimum absolute atomic E-state index is 0.260. The van der Waals surface area contributed by atoms with Gasteiger partial charge in [0, 0.05) is 55.1 Å². The van der Waals surface area contributed by atoms with Gasteiger partial charge in [-0.25, -0.2) is 4.79 Å². The molecule has 1 saturated heterocycles. The summed E-state index contributed by atoms with van der Waals surface area (Å²) in [6, 6.07) is 13.8. The molecule has 1 aliphatic rings. The summed E-state index contributed by atoms with van der Waals surface area (Å²) < 4.78 is 4.97. The van der Waals surface area contributed by atoms with E-state index in [1.165, 1.54) is 0 Å². The molecule has 3 heterocycles. The number of nitrogens with one attached hydrogen (secondary N) is 4. The topological polar surface area (TPSA) is 131 Å². The van der Waals surface area contributed by atoms with E-state index in [4.69, 9.17) is 16.1 Å². The number of anilines is 4. The highest BCUT2D eigenvalue weighted by molar-refractivity contribution is 6.34. The van der Waals surface area contributed by atoms with Crippen LogP contribution in [0.4, 0.5) is 27.8 Å². The fraction of sp³-hybridized carbons (Fsp3) is 0.231. The predicted octanol–water partition coefficient (Wildman–Crippen LogP) is 4.67. The lowest BCUT2D eigenvalue weighted by Gasteiger charge is -2.35. The molecule has 196 valence electrons. The van der Waals surface area contributed by atoms with Crippen LogP contribution in [-0.2, 0) is 0 Å². The number of carbonyl (C=O) groups excluding carboxylic acids is 2. The van der Waals surface area contributed by atoms with E-state index < -0.39 is 6.03 Å². The molecule has 2 aromatic carbocycles.